The van der Waals surface area contributed by atoms with Crippen LogP contribution in [-0.4, -0.2) is 21.9 Å². The van der Waals surface area contributed by atoms with Crippen molar-refractivity contribution in [2.45, 2.75) is 24.8 Å². The number of aliphatic hydroxyl groups is 1. The van der Waals surface area contributed by atoms with Gasteiger partial charge < -0.3 is 5.11 Å². The summed E-state index contributed by atoms with van der Waals surface area (Å²) in [7, 11) is 0. The van der Waals surface area contributed by atoms with Crippen LogP contribution >= 0.6 is 27.5 Å². The first-order valence-electron chi connectivity index (χ1n) is 2.56. The molecule has 0 rings (SSSR count). The third-order valence-corrected chi connectivity index (χ3v) is 1.68. The number of hydrogen-bond acceptors (Lipinski definition) is 1. The second-order valence-electron chi connectivity index (χ2n) is 1.72. The molecule has 0 aromatic rings. The Hall–Kier alpha value is 0.730. The molecule has 2 unspecified atom stereocenters. The van der Waals surface area contributed by atoms with Crippen molar-refractivity contribution in [1.82, 2.24) is 0 Å². The Balaban J connectivity index is 3.17. The van der Waals surface area contributed by atoms with E-state index in [1.807, 2.05) is 0 Å². The Bertz CT molecular complexity index is 58.4. The largest absolute Gasteiger partial charge is 0.392 e. The van der Waals surface area contributed by atoms with E-state index in [9.17, 15) is 0 Å². The fourth-order valence-electron chi connectivity index (χ4n) is 0.341. The third-order valence-electron chi connectivity index (χ3n) is 0.935. The highest BCUT2D eigenvalue weighted by Crippen LogP contribution is 2.06. The Morgan fingerprint density at radius 3 is 2.38 bits per heavy atom. The third kappa shape index (κ3) is 3.70. The molecule has 0 fully saturated rings. The SMILES string of the molecule is CC(Cl)C(O)CCBr. The molecule has 0 bridgehead atoms. The highest BCUT2D eigenvalue weighted by Gasteiger charge is 2.08. The van der Waals surface area contributed by atoms with Crippen LogP contribution in [0.15, 0.2) is 0 Å². The molecule has 0 aliphatic rings. The zero-order chi connectivity index (χ0) is 6.57. The van der Waals surface area contributed by atoms with Gasteiger partial charge in [0.2, 0.25) is 0 Å². The molecule has 2 atom stereocenters. The summed E-state index contributed by atoms with van der Waals surface area (Å²) in [6.07, 6.45) is 0.362. The second kappa shape index (κ2) is 4.59. The van der Waals surface area contributed by atoms with Crippen molar-refractivity contribution in [2.75, 3.05) is 5.33 Å². The van der Waals surface area contributed by atoms with Crippen molar-refractivity contribution >= 4 is 27.5 Å². The molecule has 0 saturated heterocycles. The first-order chi connectivity index (χ1) is 3.68. The normalized spacial score (nSPS) is 18.0. The van der Waals surface area contributed by atoms with Crippen LogP contribution < -0.4 is 0 Å². The zero-order valence-corrected chi connectivity index (χ0v) is 7.11. The van der Waals surface area contributed by atoms with Crippen LogP contribution in [0.1, 0.15) is 13.3 Å². The Kier molecular flexibility index (Phi) is 5.01. The van der Waals surface area contributed by atoms with E-state index in [0.29, 0.717) is 0 Å². The molecule has 50 valence electrons. The Morgan fingerprint density at radius 2 is 2.25 bits per heavy atom. The summed E-state index contributed by atoms with van der Waals surface area (Å²) in [6, 6.07) is 0. The highest BCUT2D eigenvalue weighted by molar-refractivity contribution is 9.09. The molecule has 1 N–H and O–H groups in total. The predicted octanol–water partition coefficient (Wildman–Crippen LogP) is 1.76. The molecule has 0 aliphatic carbocycles. The molecular formula is C5H10BrClO. The first kappa shape index (κ1) is 8.73. The number of halogens is 2. The van der Waals surface area contributed by atoms with Gasteiger partial charge in [-0.25, -0.2) is 0 Å². The number of aliphatic hydroxyl groups excluding tert-OH is 1. The molecular weight excluding hydrogens is 191 g/mol. The summed E-state index contributed by atoms with van der Waals surface area (Å²) in [4.78, 5) is 0. The van der Waals surface area contributed by atoms with Crippen LogP contribution in [0, 0.1) is 0 Å². The number of rotatable bonds is 3. The fourth-order valence-corrected chi connectivity index (χ4v) is 0.937. The van der Waals surface area contributed by atoms with E-state index in [1.165, 1.54) is 0 Å². The molecule has 0 saturated carbocycles. The fraction of sp³-hybridized carbons (Fsp3) is 1.00. The lowest BCUT2D eigenvalue weighted by Crippen LogP contribution is -2.17. The minimum atomic E-state index is -0.365. The van der Waals surface area contributed by atoms with E-state index in [-0.39, 0.29) is 11.5 Å². The maximum atomic E-state index is 8.96. The molecule has 3 heteroatoms. The molecule has 0 aromatic heterocycles. The molecule has 1 nitrogen and oxygen atoms in total. The van der Waals surface area contributed by atoms with Crippen LogP contribution in [0.25, 0.3) is 0 Å². The Labute approximate surface area is 63.2 Å². The molecule has 0 spiro atoms. The van der Waals surface area contributed by atoms with Crippen LogP contribution in [0.4, 0.5) is 0 Å². The molecule has 0 radical (unpaired) electrons. The minimum absolute atomic E-state index is 0.132. The van der Waals surface area contributed by atoms with Gasteiger partial charge in [0.1, 0.15) is 0 Å². The lowest BCUT2D eigenvalue weighted by molar-refractivity contribution is 0.171. The first-order valence-corrected chi connectivity index (χ1v) is 4.12. The zero-order valence-electron chi connectivity index (χ0n) is 4.77. The van der Waals surface area contributed by atoms with E-state index < -0.39 is 0 Å². The molecule has 8 heavy (non-hydrogen) atoms. The van der Waals surface area contributed by atoms with Gasteiger partial charge in [-0.3, -0.25) is 0 Å². The van der Waals surface area contributed by atoms with E-state index in [4.69, 9.17) is 16.7 Å². The van der Waals surface area contributed by atoms with E-state index in [2.05, 4.69) is 15.9 Å². The number of alkyl halides is 2. The lowest BCUT2D eigenvalue weighted by atomic mass is 10.2. The molecule has 0 aromatic carbocycles. The van der Waals surface area contributed by atoms with Crippen LogP contribution in [0.3, 0.4) is 0 Å². The van der Waals surface area contributed by atoms with Gasteiger partial charge in [-0.1, -0.05) is 15.9 Å². The average molecular weight is 201 g/mol. The van der Waals surface area contributed by atoms with Gasteiger partial charge in [-0.05, 0) is 13.3 Å². The van der Waals surface area contributed by atoms with Gasteiger partial charge in [-0.15, -0.1) is 11.6 Å². The average Bonchev–Trinajstić information content (AvgIpc) is 1.67. The van der Waals surface area contributed by atoms with Crippen molar-refractivity contribution in [3.63, 3.8) is 0 Å². The minimum Gasteiger partial charge on any atom is -0.392 e. The van der Waals surface area contributed by atoms with E-state index >= 15 is 0 Å². The van der Waals surface area contributed by atoms with Gasteiger partial charge in [0.25, 0.3) is 0 Å². The van der Waals surface area contributed by atoms with Crippen molar-refractivity contribution in [3.8, 4) is 0 Å². The van der Waals surface area contributed by atoms with Crippen molar-refractivity contribution in [1.29, 1.82) is 0 Å². The summed E-state index contributed by atoms with van der Waals surface area (Å²) >= 11 is 8.74. The summed E-state index contributed by atoms with van der Waals surface area (Å²) in [6.45, 7) is 1.79. The van der Waals surface area contributed by atoms with E-state index in [1.54, 1.807) is 6.92 Å². The molecule has 0 aliphatic heterocycles. The van der Waals surface area contributed by atoms with Crippen LogP contribution in [-0.2, 0) is 0 Å². The second-order valence-corrected chi connectivity index (χ2v) is 3.20. The van der Waals surface area contributed by atoms with E-state index in [0.717, 1.165) is 11.8 Å². The van der Waals surface area contributed by atoms with Gasteiger partial charge >= 0.3 is 0 Å². The van der Waals surface area contributed by atoms with Crippen LogP contribution in [0.5, 0.6) is 0 Å². The van der Waals surface area contributed by atoms with Crippen molar-refractivity contribution in [3.05, 3.63) is 0 Å². The summed E-state index contributed by atoms with van der Waals surface area (Å²) in [5, 5.41) is 9.64. The quantitative estimate of drug-likeness (QED) is 0.690. The van der Waals surface area contributed by atoms with Crippen LogP contribution in [0.2, 0.25) is 0 Å². The van der Waals surface area contributed by atoms with Gasteiger partial charge in [-0.2, -0.15) is 0 Å². The molecule has 0 heterocycles. The maximum Gasteiger partial charge on any atom is 0.0709 e. The summed E-state index contributed by atoms with van der Waals surface area (Å²) < 4.78 is 0. The van der Waals surface area contributed by atoms with Crippen molar-refractivity contribution < 1.29 is 5.11 Å². The van der Waals surface area contributed by atoms with Crippen molar-refractivity contribution in [2.24, 2.45) is 0 Å². The predicted molar refractivity (Wildman–Crippen MR) is 39.7 cm³/mol. The standard InChI is InChI=1S/C5H10BrClO/c1-4(7)5(8)2-3-6/h4-5,8H,2-3H2,1H3. The van der Waals surface area contributed by atoms with Gasteiger partial charge in [0.05, 0.1) is 11.5 Å². The summed E-state index contributed by atoms with van der Waals surface area (Å²) in [5.74, 6) is 0. The summed E-state index contributed by atoms with van der Waals surface area (Å²) in [5.41, 5.74) is 0. The molecule has 0 amide bonds. The topological polar surface area (TPSA) is 20.2 Å². The van der Waals surface area contributed by atoms with Gasteiger partial charge in [0, 0.05) is 5.33 Å². The highest BCUT2D eigenvalue weighted by atomic mass is 79.9. The number of hydrogen-bond donors (Lipinski definition) is 1. The van der Waals surface area contributed by atoms with Gasteiger partial charge in [0.15, 0.2) is 0 Å². The smallest absolute Gasteiger partial charge is 0.0709 e. The Morgan fingerprint density at radius 1 is 1.75 bits per heavy atom. The monoisotopic (exact) mass is 200 g/mol. The lowest BCUT2D eigenvalue weighted by Gasteiger charge is -2.09. The maximum absolute atomic E-state index is 8.96.